The molecule has 0 heterocycles. The Balaban J connectivity index is 2.48. The highest BCUT2D eigenvalue weighted by molar-refractivity contribution is 7.92. The number of aryl methyl sites for hydroxylation is 1. The van der Waals surface area contributed by atoms with E-state index in [-0.39, 0.29) is 16.9 Å². The largest absolute Gasteiger partial charge is 0.496 e. The van der Waals surface area contributed by atoms with Gasteiger partial charge in [-0.15, -0.1) is 0 Å². The Morgan fingerprint density at radius 1 is 1.00 bits per heavy atom. The Morgan fingerprint density at radius 3 is 2.23 bits per heavy atom. The Morgan fingerprint density at radius 2 is 1.65 bits per heavy atom. The lowest BCUT2D eigenvalue weighted by Gasteiger charge is -2.18. The average Bonchev–Trinajstić information content (AvgIpc) is 2.55. The molecule has 5 nitrogen and oxygen atoms in total. The van der Waals surface area contributed by atoms with Gasteiger partial charge in [-0.3, -0.25) is 4.72 Å². The number of benzene rings is 2. The van der Waals surface area contributed by atoms with Crippen LogP contribution in [-0.4, -0.2) is 21.6 Å². The molecule has 0 aliphatic heterocycles. The highest BCUT2D eigenvalue weighted by Crippen LogP contribution is 2.33. The van der Waals surface area contributed by atoms with Crippen molar-refractivity contribution in [2.75, 3.05) is 11.8 Å². The molecule has 26 heavy (non-hydrogen) atoms. The van der Waals surface area contributed by atoms with E-state index in [1.165, 1.54) is 0 Å². The van der Waals surface area contributed by atoms with Gasteiger partial charge in [-0.2, -0.15) is 0 Å². The van der Waals surface area contributed by atoms with Crippen LogP contribution in [0.25, 0.3) is 0 Å². The molecular formula is C20H27NO4S. The Hall–Kier alpha value is -2.21. The molecule has 0 radical (unpaired) electrons. The summed E-state index contributed by atoms with van der Waals surface area (Å²) in [5, 5.41) is 0. The first-order valence-electron chi connectivity index (χ1n) is 8.62. The van der Waals surface area contributed by atoms with E-state index < -0.39 is 10.0 Å². The van der Waals surface area contributed by atoms with Crippen molar-refractivity contribution >= 4 is 15.7 Å². The molecule has 2 aromatic rings. The third kappa shape index (κ3) is 4.49. The number of rotatable bonds is 7. The number of anilines is 1. The number of hydrogen-bond donors (Lipinski definition) is 1. The van der Waals surface area contributed by atoms with Crippen LogP contribution in [0.1, 0.15) is 44.7 Å². The molecule has 0 spiro atoms. The number of ether oxygens (including phenoxy) is 2. The van der Waals surface area contributed by atoms with Crippen LogP contribution in [0.2, 0.25) is 0 Å². The van der Waals surface area contributed by atoms with E-state index in [1.54, 1.807) is 44.4 Å². The summed E-state index contributed by atoms with van der Waals surface area (Å²) in [6, 6.07) is 10.5. The summed E-state index contributed by atoms with van der Waals surface area (Å²) in [4.78, 5) is 0.237. The van der Waals surface area contributed by atoms with Gasteiger partial charge in [-0.25, -0.2) is 8.42 Å². The number of para-hydroxylation sites is 2. The lowest BCUT2D eigenvalue weighted by Crippen LogP contribution is -2.17. The summed E-state index contributed by atoms with van der Waals surface area (Å²) in [7, 11) is -2.18. The molecule has 2 aromatic carbocycles. The van der Waals surface area contributed by atoms with Crippen LogP contribution in [0.4, 0.5) is 5.69 Å². The van der Waals surface area contributed by atoms with E-state index in [0.717, 1.165) is 5.56 Å². The van der Waals surface area contributed by atoms with Gasteiger partial charge in [0.05, 0.1) is 23.8 Å². The van der Waals surface area contributed by atoms with Crippen molar-refractivity contribution in [3.63, 3.8) is 0 Å². The zero-order chi connectivity index (χ0) is 19.5. The first-order chi connectivity index (χ1) is 12.2. The van der Waals surface area contributed by atoms with Gasteiger partial charge < -0.3 is 9.47 Å². The van der Waals surface area contributed by atoms with Crippen molar-refractivity contribution in [3.8, 4) is 11.5 Å². The van der Waals surface area contributed by atoms with Crippen molar-refractivity contribution in [1.82, 2.24) is 0 Å². The van der Waals surface area contributed by atoms with Gasteiger partial charge in [-0.1, -0.05) is 26.0 Å². The predicted molar refractivity (Wildman–Crippen MR) is 105 cm³/mol. The normalized spacial score (nSPS) is 11.7. The maximum atomic E-state index is 13.0. The van der Waals surface area contributed by atoms with E-state index in [0.29, 0.717) is 22.7 Å². The van der Waals surface area contributed by atoms with Crippen LogP contribution in [0.3, 0.4) is 0 Å². The standard InChI is InChI=1S/C20H27NO4S/c1-13(2)16-12-20(15(5)11-19(16)24-6)26(22,23)21-17-9-7-8-10-18(17)25-14(3)4/h7-14,21H,1-6H3. The SMILES string of the molecule is COc1cc(C)c(S(=O)(=O)Nc2ccccc2OC(C)C)cc1C(C)C. The van der Waals surface area contributed by atoms with Gasteiger partial charge in [0.15, 0.2) is 0 Å². The third-order valence-corrected chi connectivity index (χ3v) is 5.44. The summed E-state index contributed by atoms with van der Waals surface area (Å²) in [5.41, 5.74) is 1.90. The quantitative estimate of drug-likeness (QED) is 0.758. The molecule has 0 saturated carbocycles. The molecule has 2 rings (SSSR count). The number of hydrogen-bond acceptors (Lipinski definition) is 4. The van der Waals surface area contributed by atoms with Gasteiger partial charge in [-0.05, 0) is 62.1 Å². The molecular weight excluding hydrogens is 350 g/mol. The van der Waals surface area contributed by atoms with E-state index >= 15 is 0 Å². The molecule has 0 aliphatic rings. The summed E-state index contributed by atoms with van der Waals surface area (Å²) >= 11 is 0. The smallest absolute Gasteiger partial charge is 0.262 e. The Labute approximate surface area is 156 Å². The number of sulfonamides is 1. The maximum absolute atomic E-state index is 13.0. The van der Waals surface area contributed by atoms with Crippen LogP contribution in [-0.2, 0) is 10.0 Å². The van der Waals surface area contributed by atoms with Crippen molar-refractivity contribution < 1.29 is 17.9 Å². The summed E-state index contributed by atoms with van der Waals surface area (Å²) in [6.45, 7) is 9.56. The third-order valence-electron chi connectivity index (χ3n) is 3.93. The lowest BCUT2D eigenvalue weighted by molar-refractivity contribution is 0.244. The van der Waals surface area contributed by atoms with E-state index in [9.17, 15) is 8.42 Å². The van der Waals surface area contributed by atoms with Crippen molar-refractivity contribution in [1.29, 1.82) is 0 Å². The summed E-state index contributed by atoms with van der Waals surface area (Å²) in [5.74, 6) is 1.33. The zero-order valence-electron chi connectivity index (χ0n) is 16.2. The number of nitrogens with one attached hydrogen (secondary N) is 1. The highest BCUT2D eigenvalue weighted by atomic mass is 32.2. The van der Waals surface area contributed by atoms with Gasteiger partial charge in [0.1, 0.15) is 11.5 Å². The van der Waals surface area contributed by atoms with Crippen LogP contribution < -0.4 is 14.2 Å². The number of methoxy groups -OCH3 is 1. The molecule has 142 valence electrons. The van der Waals surface area contributed by atoms with Gasteiger partial charge in [0.2, 0.25) is 0 Å². The molecule has 1 N–H and O–H groups in total. The first-order valence-corrected chi connectivity index (χ1v) is 10.1. The van der Waals surface area contributed by atoms with Crippen molar-refractivity contribution in [2.45, 2.75) is 51.5 Å². The maximum Gasteiger partial charge on any atom is 0.262 e. The fourth-order valence-corrected chi connectivity index (χ4v) is 4.04. The predicted octanol–water partition coefficient (Wildman–Crippen LogP) is 4.72. The molecule has 0 atom stereocenters. The van der Waals surface area contributed by atoms with Crippen molar-refractivity contribution in [2.24, 2.45) is 0 Å². The summed E-state index contributed by atoms with van der Waals surface area (Å²) in [6.07, 6.45) is -0.0593. The molecule has 0 saturated heterocycles. The minimum Gasteiger partial charge on any atom is -0.496 e. The van der Waals surface area contributed by atoms with Gasteiger partial charge in [0.25, 0.3) is 10.0 Å². The first kappa shape index (κ1) is 20.1. The molecule has 0 fully saturated rings. The Kier molecular flexibility index (Phi) is 6.18. The second kappa shape index (κ2) is 7.99. The molecule has 0 unspecified atom stereocenters. The molecule has 0 aromatic heterocycles. The Bertz CT molecular complexity index is 873. The van der Waals surface area contributed by atoms with E-state index in [1.807, 2.05) is 33.8 Å². The van der Waals surface area contributed by atoms with Crippen molar-refractivity contribution in [3.05, 3.63) is 47.5 Å². The van der Waals surface area contributed by atoms with E-state index in [4.69, 9.17) is 9.47 Å². The van der Waals surface area contributed by atoms with Gasteiger partial charge in [0, 0.05) is 0 Å². The fraction of sp³-hybridized carbons (Fsp3) is 0.400. The minimum atomic E-state index is -3.77. The van der Waals surface area contributed by atoms with Crippen LogP contribution in [0, 0.1) is 6.92 Å². The average molecular weight is 378 g/mol. The summed E-state index contributed by atoms with van der Waals surface area (Å²) < 4.78 is 39.8. The highest BCUT2D eigenvalue weighted by Gasteiger charge is 2.22. The van der Waals surface area contributed by atoms with Crippen LogP contribution >= 0.6 is 0 Å². The van der Waals surface area contributed by atoms with Crippen LogP contribution in [0.15, 0.2) is 41.3 Å². The monoisotopic (exact) mass is 377 g/mol. The lowest BCUT2D eigenvalue weighted by atomic mass is 10.0. The zero-order valence-corrected chi connectivity index (χ0v) is 17.0. The molecule has 6 heteroatoms. The molecule has 0 aliphatic carbocycles. The second-order valence-electron chi connectivity index (χ2n) is 6.78. The minimum absolute atomic E-state index is 0.0593. The second-order valence-corrected chi connectivity index (χ2v) is 8.43. The fourth-order valence-electron chi connectivity index (χ4n) is 2.70. The molecule has 0 bridgehead atoms. The molecule has 0 amide bonds. The van der Waals surface area contributed by atoms with Crippen LogP contribution in [0.5, 0.6) is 11.5 Å². The topological polar surface area (TPSA) is 64.6 Å². The van der Waals surface area contributed by atoms with E-state index in [2.05, 4.69) is 4.72 Å². The van der Waals surface area contributed by atoms with Gasteiger partial charge >= 0.3 is 0 Å².